The van der Waals surface area contributed by atoms with Crippen molar-refractivity contribution in [3.05, 3.63) is 17.3 Å². The van der Waals surface area contributed by atoms with E-state index < -0.39 is 0 Å². The van der Waals surface area contributed by atoms with E-state index in [1.54, 1.807) is 11.7 Å². The summed E-state index contributed by atoms with van der Waals surface area (Å²) >= 11 is 0. The van der Waals surface area contributed by atoms with Gasteiger partial charge in [-0.25, -0.2) is 9.67 Å². The van der Waals surface area contributed by atoms with Crippen molar-refractivity contribution in [2.75, 3.05) is 26.2 Å². The van der Waals surface area contributed by atoms with E-state index in [4.69, 9.17) is 4.74 Å². The minimum absolute atomic E-state index is 0.0231. The van der Waals surface area contributed by atoms with Gasteiger partial charge in [0, 0.05) is 25.8 Å². The average molecular weight is 347 g/mol. The van der Waals surface area contributed by atoms with Gasteiger partial charge < -0.3 is 15.0 Å². The van der Waals surface area contributed by atoms with E-state index in [-0.39, 0.29) is 25.0 Å². The molecule has 2 aromatic rings. The molecule has 2 heterocycles. The van der Waals surface area contributed by atoms with E-state index in [0.29, 0.717) is 19.0 Å². The van der Waals surface area contributed by atoms with Crippen LogP contribution < -0.4 is 10.1 Å². The molecule has 0 saturated carbocycles. The van der Waals surface area contributed by atoms with E-state index in [1.165, 1.54) is 4.90 Å². The number of aromatic nitrogens is 3. The number of hydrogen-bond acceptors (Lipinski definition) is 5. The van der Waals surface area contributed by atoms with Crippen molar-refractivity contribution in [2.45, 2.75) is 27.7 Å². The van der Waals surface area contributed by atoms with Crippen LogP contribution in [0.15, 0.2) is 6.07 Å². The Kier molecular flexibility index (Phi) is 5.95. The maximum absolute atomic E-state index is 12.3. The molecular weight excluding hydrogens is 322 g/mol. The van der Waals surface area contributed by atoms with Gasteiger partial charge in [0.1, 0.15) is 0 Å². The molecule has 0 aliphatic heterocycles. The van der Waals surface area contributed by atoms with Crippen molar-refractivity contribution < 1.29 is 14.3 Å². The van der Waals surface area contributed by atoms with E-state index in [0.717, 1.165) is 22.3 Å². The highest BCUT2D eigenvalue weighted by Gasteiger charge is 2.19. The van der Waals surface area contributed by atoms with E-state index in [1.807, 2.05) is 33.8 Å². The highest BCUT2D eigenvalue weighted by atomic mass is 16.5. The van der Waals surface area contributed by atoms with E-state index in [9.17, 15) is 9.59 Å². The molecule has 8 heteroatoms. The van der Waals surface area contributed by atoms with Gasteiger partial charge in [-0.1, -0.05) is 0 Å². The molecule has 0 radical (unpaired) electrons. The molecule has 0 bridgehead atoms. The lowest BCUT2D eigenvalue weighted by molar-refractivity contribution is -0.137. The van der Waals surface area contributed by atoms with Crippen molar-refractivity contribution in [3.8, 4) is 5.88 Å². The molecule has 8 nitrogen and oxygen atoms in total. The van der Waals surface area contributed by atoms with E-state index >= 15 is 0 Å². The number of pyridine rings is 1. The summed E-state index contributed by atoms with van der Waals surface area (Å²) in [6.07, 6.45) is 0. The first-order valence-corrected chi connectivity index (χ1v) is 8.35. The number of aryl methyl sites for hydroxylation is 3. The Bertz CT molecular complexity index is 784. The van der Waals surface area contributed by atoms with Crippen LogP contribution in [0.2, 0.25) is 0 Å². The molecule has 0 aromatic carbocycles. The van der Waals surface area contributed by atoms with Gasteiger partial charge in [0.25, 0.3) is 5.91 Å². The highest BCUT2D eigenvalue weighted by Crippen LogP contribution is 2.27. The Hall–Kier alpha value is -2.64. The molecule has 25 heavy (non-hydrogen) atoms. The van der Waals surface area contributed by atoms with E-state index in [2.05, 4.69) is 15.4 Å². The van der Waals surface area contributed by atoms with Crippen LogP contribution in [-0.2, 0) is 16.6 Å². The molecule has 1 N–H and O–H groups in total. The van der Waals surface area contributed by atoms with Gasteiger partial charge in [0.05, 0.1) is 11.9 Å². The molecule has 0 saturated heterocycles. The van der Waals surface area contributed by atoms with Crippen LogP contribution in [0.5, 0.6) is 5.88 Å². The lowest BCUT2D eigenvalue weighted by Gasteiger charge is -2.20. The Morgan fingerprint density at radius 3 is 2.68 bits per heavy atom. The third-order valence-electron chi connectivity index (χ3n) is 3.86. The third kappa shape index (κ3) is 4.26. The molecular formula is C17H25N5O3. The molecule has 2 rings (SSSR count). The minimum Gasteiger partial charge on any atom is -0.466 e. The second-order valence-corrected chi connectivity index (χ2v) is 5.86. The fourth-order valence-electron chi connectivity index (χ4n) is 2.67. The van der Waals surface area contributed by atoms with Crippen molar-refractivity contribution in [1.29, 1.82) is 0 Å². The molecule has 0 aliphatic carbocycles. The zero-order valence-electron chi connectivity index (χ0n) is 15.4. The van der Waals surface area contributed by atoms with Crippen molar-refractivity contribution in [2.24, 2.45) is 7.05 Å². The smallest absolute Gasteiger partial charge is 0.261 e. The summed E-state index contributed by atoms with van der Waals surface area (Å²) in [5.41, 5.74) is 2.61. The molecule has 0 atom stereocenters. The fraction of sp³-hybridized carbons (Fsp3) is 0.529. The number of amides is 2. The summed E-state index contributed by atoms with van der Waals surface area (Å²) in [7, 11) is 1.79. The highest BCUT2D eigenvalue weighted by molar-refractivity contribution is 5.87. The summed E-state index contributed by atoms with van der Waals surface area (Å²) < 4.78 is 7.29. The number of ether oxygens (including phenoxy) is 1. The number of nitrogens with zero attached hydrogens (tertiary/aromatic N) is 4. The molecule has 2 amide bonds. The van der Waals surface area contributed by atoms with Crippen LogP contribution in [0.1, 0.15) is 25.1 Å². The Morgan fingerprint density at radius 1 is 1.32 bits per heavy atom. The zero-order chi connectivity index (χ0) is 18.6. The molecule has 136 valence electrons. The molecule has 2 aromatic heterocycles. The van der Waals surface area contributed by atoms with Crippen LogP contribution >= 0.6 is 0 Å². The first kappa shape index (κ1) is 18.7. The zero-order valence-corrected chi connectivity index (χ0v) is 15.4. The summed E-state index contributed by atoms with van der Waals surface area (Å²) in [4.78, 5) is 29.9. The quantitative estimate of drug-likeness (QED) is 0.805. The minimum atomic E-state index is -0.259. The fourth-order valence-corrected chi connectivity index (χ4v) is 2.67. The van der Waals surface area contributed by atoms with Gasteiger partial charge in [-0.3, -0.25) is 9.59 Å². The predicted octanol–water partition coefficient (Wildman–Crippen LogP) is 0.949. The molecule has 0 aliphatic rings. The first-order valence-electron chi connectivity index (χ1n) is 8.35. The number of likely N-dealkylation sites (N-methyl/N-ethyl adjacent to an activating group) is 2. The van der Waals surface area contributed by atoms with Gasteiger partial charge in [0.2, 0.25) is 11.8 Å². The SMILES string of the molecule is CCNC(=O)CN(CC)C(=O)COc1nn(C)c2nc(C)cc(C)c12. The normalized spacial score (nSPS) is 10.8. The first-order chi connectivity index (χ1) is 11.9. The summed E-state index contributed by atoms with van der Waals surface area (Å²) in [5.74, 6) is -0.0632. The average Bonchev–Trinajstić information content (AvgIpc) is 2.87. The number of hydrogen-bond donors (Lipinski definition) is 1. The molecule has 0 spiro atoms. The third-order valence-corrected chi connectivity index (χ3v) is 3.86. The van der Waals surface area contributed by atoms with Crippen LogP contribution in [0.25, 0.3) is 11.0 Å². The molecule has 0 unspecified atom stereocenters. The predicted molar refractivity (Wildman–Crippen MR) is 94.4 cm³/mol. The van der Waals surface area contributed by atoms with Crippen LogP contribution in [0, 0.1) is 13.8 Å². The van der Waals surface area contributed by atoms with Crippen molar-refractivity contribution in [1.82, 2.24) is 25.0 Å². The largest absolute Gasteiger partial charge is 0.466 e. The second kappa shape index (κ2) is 7.96. The van der Waals surface area contributed by atoms with Crippen molar-refractivity contribution in [3.63, 3.8) is 0 Å². The maximum atomic E-state index is 12.3. The van der Waals surface area contributed by atoms with Crippen LogP contribution in [-0.4, -0.2) is 57.7 Å². The number of nitrogens with one attached hydrogen (secondary N) is 1. The topological polar surface area (TPSA) is 89.4 Å². The lowest BCUT2D eigenvalue weighted by atomic mass is 10.2. The van der Waals surface area contributed by atoms with Gasteiger partial charge >= 0.3 is 0 Å². The Balaban J connectivity index is 2.11. The number of fused-ring (bicyclic) bond motifs is 1. The summed E-state index contributed by atoms with van der Waals surface area (Å²) in [5, 5.41) is 7.80. The lowest BCUT2D eigenvalue weighted by Crippen LogP contribution is -2.42. The summed E-state index contributed by atoms with van der Waals surface area (Å²) in [6, 6.07) is 1.95. The van der Waals surface area contributed by atoms with Crippen LogP contribution in [0.4, 0.5) is 0 Å². The Morgan fingerprint density at radius 2 is 2.04 bits per heavy atom. The van der Waals surface area contributed by atoms with Gasteiger partial charge in [0.15, 0.2) is 12.3 Å². The number of carbonyl (C=O) groups is 2. The monoisotopic (exact) mass is 347 g/mol. The summed E-state index contributed by atoms with van der Waals surface area (Å²) in [6.45, 7) is 8.36. The van der Waals surface area contributed by atoms with Crippen molar-refractivity contribution >= 4 is 22.8 Å². The standard InChI is InChI=1S/C17H25N5O3/c1-6-18-13(23)9-22(7-2)14(24)10-25-17-15-11(3)8-12(4)19-16(15)21(5)20-17/h8H,6-7,9-10H2,1-5H3,(H,18,23). The van der Waals surface area contributed by atoms with Gasteiger partial charge in [-0.15, -0.1) is 5.10 Å². The number of carbonyl (C=O) groups excluding carboxylic acids is 2. The molecule has 0 fully saturated rings. The number of rotatable bonds is 7. The Labute approximate surface area is 147 Å². The van der Waals surface area contributed by atoms with Gasteiger partial charge in [-0.05, 0) is 39.3 Å². The van der Waals surface area contributed by atoms with Gasteiger partial charge in [-0.2, -0.15) is 0 Å². The van der Waals surface area contributed by atoms with Crippen LogP contribution in [0.3, 0.4) is 0 Å². The second-order valence-electron chi connectivity index (χ2n) is 5.86. The maximum Gasteiger partial charge on any atom is 0.261 e.